The van der Waals surface area contributed by atoms with Crippen LogP contribution < -0.4 is 5.32 Å². The van der Waals surface area contributed by atoms with E-state index in [0.29, 0.717) is 13.1 Å². The molecule has 6 nitrogen and oxygen atoms in total. The molecule has 1 aromatic rings. The van der Waals surface area contributed by atoms with Crippen LogP contribution in [0.5, 0.6) is 0 Å². The predicted octanol–water partition coefficient (Wildman–Crippen LogP) is 1.29. The third kappa shape index (κ3) is 1.65. The fourth-order valence-electron chi connectivity index (χ4n) is 2.43. The van der Waals surface area contributed by atoms with Crippen LogP contribution >= 0.6 is 0 Å². The van der Waals surface area contributed by atoms with Gasteiger partial charge < -0.3 is 15.3 Å². The number of nitrogens with zero attached hydrogens (tertiary/aromatic N) is 3. The molecule has 1 spiro atoms. The van der Waals surface area contributed by atoms with Crippen LogP contribution in [-0.2, 0) is 0 Å². The molecule has 1 aromatic heterocycles. The molecule has 3 rings (SSSR count). The Morgan fingerprint density at radius 3 is 2.94 bits per heavy atom. The topological polar surface area (TPSA) is 70.4 Å². The minimum Gasteiger partial charge on any atom is -0.465 e. The van der Waals surface area contributed by atoms with Crippen molar-refractivity contribution in [3.05, 3.63) is 18.3 Å². The summed E-state index contributed by atoms with van der Waals surface area (Å²) in [5, 5.41) is 16.5. The number of carboxylic acid groups (broad SMARTS) is 1. The second-order valence-electron chi connectivity index (χ2n) is 4.53. The van der Waals surface area contributed by atoms with Crippen molar-refractivity contribution >= 4 is 18.1 Å². The molecule has 0 saturated carbocycles. The van der Waals surface area contributed by atoms with Crippen LogP contribution in [0.15, 0.2) is 18.3 Å². The number of hydrogen-bond acceptors (Lipinski definition) is 3. The Labute approximate surface area is 98.5 Å². The number of nitrogens with one attached hydrogen (secondary N) is 1. The average Bonchev–Trinajstić information content (AvgIpc) is 2.76. The summed E-state index contributed by atoms with van der Waals surface area (Å²) in [6.07, 6.45) is 6.54. The molecule has 2 aliphatic heterocycles. The van der Waals surface area contributed by atoms with Gasteiger partial charge in [-0.3, -0.25) is 0 Å². The Hall–Kier alpha value is -1.98. The summed E-state index contributed by atoms with van der Waals surface area (Å²) >= 11 is 0. The highest BCUT2D eigenvalue weighted by molar-refractivity contribution is 5.65. The highest BCUT2D eigenvalue weighted by Crippen LogP contribution is 2.31. The zero-order valence-electron chi connectivity index (χ0n) is 9.33. The second kappa shape index (κ2) is 3.51. The van der Waals surface area contributed by atoms with Gasteiger partial charge in [-0.2, -0.15) is 5.10 Å². The lowest BCUT2D eigenvalue weighted by Crippen LogP contribution is -2.50. The van der Waals surface area contributed by atoms with E-state index in [0.717, 1.165) is 18.7 Å². The van der Waals surface area contributed by atoms with Crippen molar-refractivity contribution in [2.24, 2.45) is 0 Å². The Morgan fingerprint density at radius 2 is 2.24 bits per heavy atom. The monoisotopic (exact) mass is 234 g/mol. The molecule has 1 amide bonds. The molecule has 3 heterocycles. The molecule has 17 heavy (non-hydrogen) atoms. The first-order valence-electron chi connectivity index (χ1n) is 5.67. The third-order valence-corrected chi connectivity index (χ3v) is 3.51. The maximum Gasteiger partial charge on any atom is 0.407 e. The van der Waals surface area contributed by atoms with Crippen LogP contribution in [0.4, 0.5) is 10.6 Å². The molecule has 0 aromatic carbocycles. The van der Waals surface area contributed by atoms with Crippen LogP contribution in [0.1, 0.15) is 12.8 Å². The highest BCUT2D eigenvalue weighted by atomic mass is 16.4. The summed E-state index contributed by atoms with van der Waals surface area (Å²) in [5.74, 6) is 0.969. The van der Waals surface area contributed by atoms with E-state index in [1.54, 1.807) is 10.9 Å². The van der Waals surface area contributed by atoms with Crippen LogP contribution in [0.2, 0.25) is 0 Å². The molecular formula is C11H14N4O2. The summed E-state index contributed by atoms with van der Waals surface area (Å²) < 4.78 is 1.79. The summed E-state index contributed by atoms with van der Waals surface area (Å²) in [6.45, 7) is 1.14. The van der Waals surface area contributed by atoms with Gasteiger partial charge >= 0.3 is 6.09 Å². The number of amides is 1. The molecule has 1 fully saturated rings. The Balaban J connectivity index is 1.76. The van der Waals surface area contributed by atoms with E-state index < -0.39 is 6.09 Å². The molecule has 1 saturated heterocycles. The first kappa shape index (κ1) is 10.2. The third-order valence-electron chi connectivity index (χ3n) is 3.51. The lowest BCUT2D eigenvalue weighted by molar-refractivity contribution is 0.127. The van der Waals surface area contributed by atoms with Gasteiger partial charge in [-0.05, 0) is 18.9 Å². The van der Waals surface area contributed by atoms with Crippen LogP contribution in [-0.4, -0.2) is 44.5 Å². The summed E-state index contributed by atoms with van der Waals surface area (Å²) in [6, 6.07) is 1.93. The predicted molar refractivity (Wildman–Crippen MR) is 62.7 cm³/mol. The molecule has 90 valence electrons. The minimum absolute atomic E-state index is 0.109. The van der Waals surface area contributed by atoms with E-state index in [1.807, 2.05) is 12.3 Å². The largest absolute Gasteiger partial charge is 0.465 e. The van der Waals surface area contributed by atoms with Crippen molar-refractivity contribution in [3.63, 3.8) is 0 Å². The van der Waals surface area contributed by atoms with Crippen molar-refractivity contribution in [2.75, 3.05) is 18.4 Å². The van der Waals surface area contributed by atoms with Gasteiger partial charge in [0.2, 0.25) is 0 Å². The van der Waals surface area contributed by atoms with Gasteiger partial charge in [0, 0.05) is 25.4 Å². The van der Waals surface area contributed by atoms with Gasteiger partial charge in [0.05, 0.1) is 11.7 Å². The molecule has 0 unspecified atom stereocenters. The van der Waals surface area contributed by atoms with E-state index in [-0.39, 0.29) is 5.54 Å². The number of likely N-dealkylation sites (tertiary alicyclic amines) is 1. The number of carbonyl (C=O) groups is 1. The fourth-order valence-corrected chi connectivity index (χ4v) is 2.43. The van der Waals surface area contributed by atoms with Crippen molar-refractivity contribution in [2.45, 2.75) is 18.4 Å². The van der Waals surface area contributed by atoms with Crippen molar-refractivity contribution in [3.8, 4) is 0 Å². The van der Waals surface area contributed by atoms with Crippen LogP contribution in [0, 0.1) is 0 Å². The second-order valence-corrected chi connectivity index (χ2v) is 4.53. The van der Waals surface area contributed by atoms with Gasteiger partial charge in [0.1, 0.15) is 5.82 Å². The average molecular weight is 234 g/mol. The zero-order chi connectivity index (χ0) is 11.9. The van der Waals surface area contributed by atoms with Gasteiger partial charge in [0.15, 0.2) is 0 Å². The first-order chi connectivity index (χ1) is 8.19. The number of piperidine rings is 1. The zero-order valence-corrected chi connectivity index (χ0v) is 9.33. The normalized spacial score (nSPS) is 21.1. The number of hydrogen-bond donors (Lipinski definition) is 2. The van der Waals surface area contributed by atoms with E-state index in [1.165, 1.54) is 4.90 Å². The molecule has 2 aliphatic rings. The number of fused-ring (bicyclic) bond motifs is 1. The summed E-state index contributed by atoms with van der Waals surface area (Å²) in [5.41, 5.74) is -0.109. The molecule has 6 heteroatoms. The Kier molecular flexibility index (Phi) is 2.10. The summed E-state index contributed by atoms with van der Waals surface area (Å²) in [7, 11) is 0. The molecule has 2 N–H and O–H groups in total. The van der Waals surface area contributed by atoms with E-state index in [4.69, 9.17) is 5.11 Å². The molecule has 0 aliphatic carbocycles. The van der Waals surface area contributed by atoms with Crippen molar-refractivity contribution < 1.29 is 9.90 Å². The Morgan fingerprint density at radius 1 is 1.47 bits per heavy atom. The highest BCUT2D eigenvalue weighted by Gasteiger charge is 2.35. The fraction of sp³-hybridized carbons (Fsp3) is 0.455. The van der Waals surface area contributed by atoms with Crippen LogP contribution in [0.25, 0.3) is 6.20 Å². The van der Waals surface area contributed by atoms with Crippen molar-refractivity contribution in [1.29, 1.82) is 0 Å². The smallest absolute Gasteiger partial charge is 0.407 e. The summed E-state index contributed by atoms with van der Waals surface area (Å²) in [4.78, 5) is 12.3. The van der Waals surface area contributed by atoms with Gasteiger partial charge in [-0.1, -0.05) is 0 Å². The Bertz CT molecular complexity index is 472. The quantitative estimate of drug-likeness (QED) is 0.709. The van der Waals surface area contributed by atoms with E-state index in [9.17, 15) is 4.79 Å². The van der Waals surface area contributed by atoms with Gasteiger partial charge in [-0.25, -0.2) is 9.48 Å². The number of rotatable bonds is 0. The molecule has 0 atom stereocenters. The molecule has 0 bridgehead atoms. The van der Waals surface area contributed by atoms with E-state index in [2.05, 4.69) is 16.5 Å². The van der Waals surface area contributed by atoms with Gasteiger partial charge in [-0.15, -0.1) is 0 Å². The number of aromatic nitrogens is 2. The first-order valence-corrected chi connectivity index (χ1v) is 5.67. The minimum atomic E-state index is -0.829. The van der Waals surface area contributed by atoms with E-state index >= 15 is 0 Å². The molecule has 0 radical (unpaired) electrons. The van der Waals surface area contributed by atoms with Gasteiger partial charge in [0.25, 0.3) is 0 Å². The van der Waals surface area contributed by atoms with Crippen LogP contribution in [0.3, 0.4) is 0 Å². The lowest BCUT2D eigenvalue weighted by Gasteiger charge is -2.41. The maximum absolute atomic E-state index is 10.9. The molecular weight excluding hydrogens is 220 g/mol. The lowest BCUT2D eigenvalue weighted by atomic mass is 9.87. The maximum atomic E-state index is 10.9. The number of anilines is 1. The van der Waals surface area contributed by atoms with Crippen molar-refractivity contribution in [1.82, 2.24) is 14.7 Å². The SMILES string of the molecule is O=C(O)N1CCC2(C=Cn3nccc3N2)CC1. The standard InChI is InChI=1S/C11H14N4O2/c16-10(17)14-6-2-11(3-7-14)4-8-15-9(13-11)1-5-12-15/h1,4-5,8,13H,2-3,6-7H2,(H,16,17).